The number of rotatable bonds is 3. The van der Waals surface area contributed by atoms with Gasteiger partial charge in [0.15, 0.2) is 0 Å². The van der Waals surface area contributed by atoms with E-state index in [-0.39, 0.29) is 51.4 Å². The monoisotopic (exact) mass is 124 g/mol. The van der Waals surface area contributed by atoms with Gasteiger partial charge in [-0.3, -0.25) is 0 Å². The van der Waals surface area contributed by atoms with E-state index in [2.05, 4.69) is 13.8 Å². The molecule has 0 rings (SSSR count). The summed E-state index contributed by atoms with van der Waals surface area (Å²) in [5, 5.41) is 0. The third-order valence-electron chi connectivity index (χ3n) is 0.854. The molecule has 0 spiro atoms. The number of hydrogen-bond donors (Lipinski definition) is 0. The van der Waals surface area contributed by atoms with Gasteiger partial charge in [-0.25, -0.2) is 0 Å². The van der Waals surface area contributed by atoms with Gasteiger partial charge < -0.3 is 6.92 Å². The Labute approximate surface area is 89.5 Å². The summed E-state index contributed by atoms with van der Waals surface area (Å²) in [6.07, 6.45) is 5.07. The van der Waals surface area contributed by atoms with Gasteiger partial charge in [-0.15, -0.1) is 0 Å². The van der Waals surface area contributed by atoms with Gasteiger partial charge in [0, 0.05) is 0 Å². The van der Waals surface area contributed by atoms with E-state index in [0.29, 0.717) is 0 Å². The quantitative estimate of drug-likeness (QED) is 0.268. The third kappa shape index (κ3) is 11.3. The molecule has 0 saturated carbocycles. The molecule has 0 unspecified atom stereocenters. The van der Waals surface area contributed by atoms with Crippen LogP contribution in [0.3, 0.4) is 0 Å². The van der Waals surface area contributed by atoms with E-state index in [1.165, 1.54) is 19.3 Å². The Balaban J connectivity index is 0. The minimum Gasteiger partial charge on any atom is -0.343 e. The van der Waals surface area contributed by atoms with Crippen LogP contribution in [0.1, 0.15) is 32.6 Å². The molecule has 0 aliphatic heterocycles. The van der Waals surface area contributed by atoms with Gasteiger partial charge in [-0.2, -0.15) is 6.42 Å². The summed E-state index contributed by atoms with van der Waals surface area (Å²) in [6, 6.07) is 0. The smallest absolute Gasteiger partial charge is 0.343 e. The van der Waals surface area contributed by atoms with Crippen LogP contribution in [0, 0.1) is 6.92 Å². The minimum atomic E-state index is 0. The van der Waals surface area contributed by atoms with Crippen molar-refractivity contribution in [2.45, 2.75) is 32.6 Å². The fraction of sp³-hybridized carbons (Fsp3) is 0.833. The summed E-state index contributed by atoms with van der Waals surface area (Å²) < 4.78 is 0. The van der Waals surface area contributed by atoms with Gasteiger partial charge in [0.25, 0.3) is 0 Å². The zero-order valence-electron chi connectivity index (χ0n) is 5.54. The molecule has 0 aliphatic carbocycles. The fourth-order valence-corrected chi connectivity index (χ4v) is 0.427. The molecule has 0 atom stereocenters. The first-order chi connectivity index (χ1) is 2.91. The van der Waals surface area contributed by atoms with Crippen LogP contribution in [0.4, 0.5) is 0 Å². The fourth-order valence-electron chi connectivity index (χ4n) is 0.427. The Morgan fingerprint density at radius 2 is 1.86 bits per heavy atom. The summed E-state index contributed by atoms with van der Waals surface area (Å²) in [7, 11) is 0. The van der Waals surface area contributed by atoms with Gasteiger partial charge in [-0.1, -0.05) is 26.2 Å². The molecule has 0 heterocycles. The van der Waals surface area contributed by atoms with E-state index >= 15 is 0 Å². The number of hydrogen-bond acceptors (Lipinski definition) is 0. The maximum atomic E-state index is 3.72. The second-order valence-electron chi connectivity index (χ2n) is 1.56. The first-order valence-electron chi connectivity index (χ1n) is 2.71. The van der Waals surface area contributed by atoms with Crippen LogP contribution in [0.2, 0.25) is 0 Å². The van der Waals surface area contributed by atoms with Gasteiger partial charge in [0.1, 0.15) is 0 Å². The van der Waals surface area contributed by atoms with Crippen molar-refractivity contribution in [3.63, 3.8) is 0 Å². The Morgan fingerprint density at radius 3 is 2.00 bits per heavy atom. The van der Waals surface area contributed by atoms with E-state index in [9.17, 15) is 0 Å². The molecule has 38 valence electrons. The first kappa shape index (κ1) is 11.4. The van der Waals surface area contributed by atoms with Crippen LogP contribution in [0.25, 0.3) is 0 Å². The van der Waals surface area contributed by atoms with Gasteiger partial charge >= 0.3 is 51.4 Å². The molecule has 0 aromatic carbocycles. The molecule has 0 aliphatic rings. The maximum Gasteiger partial charge on any atom is 1.00 e. The largest absolute Gasteiger partial charge is 1.00 e. The van der Waals surface area contributed by atoms with Gasteiger partial charge in [0.2, 0.25) is 0 Å². The Morgan fingerprint density at radius 1 is 1.29 bits per heavy atom. The van der Waals surface area contributed by atoms with Gasteiger partial charge in [-0.05, 0) is 0 Å². The third-order valence-corrected chi connectivity index (χ3v) is 0.854. The summed E-state index contributed by atoms with van der Waals surface area (Å²) in [5.74, 6) is 0. The SMILES string of the molecule is [CH2-]CCCCC.[K+]. The summed E-state index contributed by atoms with van der Waals surface area (Å²) >= 11 is 0. The van der Waals surface area contributed by atoms with Crippen molar-refractivity contribution in [2.24, 2.45) is 0 Å². The Kier molecular flexibility index (Phi) is 17.3. The molecular weight excluding hydrogens is 111 g/mol. The van der Waals surface area contributed by atoms with Crippen LogP contribution in [-0.2, 0) is 0 Å². The minimum absolute atomic E-state index is 0. The Hall–Kier alpha value is 1.64. The average Bonchev–Trinajstić information content (AvgIpc) is 1.61. The molecule has 0 nitrogen and oxygen atoms in total. The van der Waals surface area contributed by atoms with Gasteiger partial charge in [0.05, 0.1) is 0 Å². The van der Waals surface area contributed by atoms with Crippen molar-refractivity contribution in [3.8, 4) is 0 Å². The van der Waals surface area contributed by atoms with Crippen LogP contribution in [0.15, 0.2) is 0 Å². The Bertz CT molecular complexity index is 16.1. The second-order valence-corrected chi connectivity index (χ2v) is 1.56. The predicted octanol–water partition coefficient (Wildman–Crippen LogP) is -0.595. The van der Waals surface area contributed by atoms with E-state index in [1.807, 2.05) is 0 Å². The molecule has 0 fully saturated rings. The molecule has 1 heteroatoms. The topological polar surface area (TPSA) is 0 Å². The zero-order valence-corrected chi connectivity index (χ0v) is 8.66. The van der Waals surface area contributed by atoms with E-state index < -0.39 is 0 Å². The zero-order chi connectivity index (χ0) is 4.83. The van der Waals surface area contributed by atoms with Crippen molar-refractivity contribution >= 4 is 0 Å². The molecule has 0 radical (unpaired) electrons. The molecule has 7 heavy (non-hydrogen) atoms. The van der Waals surface area contributed by atoms with Crippen molar-refractivity contribution in [1.29, 1.82) is 0 Å². The molecule has 0 amide bonds. The summed E-state index contributed by atoms with van der Waals surface area (Å²) in [6.45, 7) is 5.93. The van der Waals surface area contributed by atoms with Crippen LogP contribution in [0.5, 0.6) is 0 Å². The molecule has 0 N–H and O–H groups in total. The van der Waals surface area contributed by atoms with Crippen LogP contribution >= 0.6 is 0 Å². The summed E-state index contributed by atoms with van der Waals surface area (Å²) in [5.41, 5.74) is 0. The molecule has 0 aromatic rings. The van der Waals surface area contributed by atoms with Crippen LogP contribution < -0.4 is 51.4 Å². The average molecular weight is 124 g/mol. The molecule has 0 aromatic heterocycles. The molecular formula is C6H13K. The maximum absolute atomic E-state index is 3.72. The van der Waals surface area contributed by atoms with E-state index in [4.69, 9.17) is 0 Å². The molecule has 0 bridgehead atoms. The van der Waals surface area contributed by atoms with Crippen molar-refractivity contribution in [2.75, 3.05) is 0 Å². The van der Waals surface area contributed by atoms with Crippen LogP contribution in [-0.4, -0.2) is 0 Å². The first-order valence-corrected chi connectivity index (χ1v) is 2.71. The van der Waals surface area contributed by atoms with Crippen molar-refractivity contribution < 1.29 is 51.4 Å². The number of unbranched alkanes of at least 4 members (excludes halogenated alkanes) is 3. The summed E-state index contributed by atoms with van der Waals surface area (Å²) in [4.78, 5) is 0. The van der Waals surface area contributed by atoms with Crippen molar-refractivity contribution in [1.82, 2.24) is 0 Å². The normalized spacial score (nSPS) is 7.71. The second kappa shape index (κ2) is 10.6. The van der Waals surface area contributed by atoms with E-state index in [1.54, 1.807) is 0 Å². The molecule has 0 saturated heterocycles. The standard InChI is InChI=1S/C6H13.K/c1-3-5-6-4-2;/h1,3-6H2,2H3;/q-1;+1. The van der Waals surface area contributed by atoms with Crippen molar-refractivity contribution in [3.05, 3.63) is 6.92 Å². The predicted molar refractivity (Wildman–Crippen MR) is 29.5 cm³/mol. The van der Waals surface area contributed by atoms with E-state index in [0.717, 1.165) is 6.42 Å².